The van der Waals surface area contributed by atoms with Gasteiger partial charge in [-0.1, -0.05) is 46.0 Å². The van der Waals surface area contributed by atoms with E-state index in [2.05, 4.69) is 42.4 Å². The minimum Gasteiger partial charge on any atom is -1.00 e. The number of unbranched alkanes of at least 4 members (excludes halogenated alkanes) is 6. The third-order valence-electron chi connectivity index (χ3n) is 3.72. The van der Waals surface area contributed by atoms with E-state index in [1.807, 2.05) is 0 Å². The number of imidazole rings is 1. The highest BCUT2D eigenvalue weighted by atomic mass is 35.5. The van der Waals surface area contributed by atoms with Crippen molar-refractivity contribution in [2.75, 3.05) is 0 Å². The summed E-state index contributed by atoms with van der Waals surface area (Å²) in [7, 11) is 2.18. The van der Waals surface area contributed by atoms with Gasteiger partial charge in [-0.3, -0.25) is 0 Å². The van der Waals surface area contributed by atoms with Crippen LogP contribution in [0.5, 0.6) is 0 Å². The van der Waals surface area contributed by atoms with E-state index in [1.54, 1.807) is 0 Å². The highest BCUT2D eigenvalue weighted by Crippen LogP contribution is 2.08. The molecule has 0 aliphatic carbocycles. The number of rotatable bonds is 10. The molecule has 0 aliphatic rings. The maximum atomic E-state index is 2.46. The average Bonchev–Trinajstić information content (AvgIpc) is 2.72. The van der Waals surface area contributed by atoms with E-state index < -0.39 is 0 Å². The highest BCUT2D eigenvalue weighted by Gasteiger charge is 2.13. The molecule has 0 atom stereocenters. The Balaban J connectivity index is 0.00000324. The Hall–Kier alpha value is -0.500. The van der Waals surface area contributed by atoms with Gasteiger partial charge in [0, 0.05) is 6.42 Å². The fourth-order valence-corrected chi connectivity index (χ4v) is 2.50. The van der Waals surface area contributed by atoms with Crippen LogP contribution in [0.2, 0.25) is 0 Å². The summed E-state index contributed by atoms with van der Waals surface area (Å²) in [5.74, 6) is 1.50. The van der Waals surface area contributed by atoms with Crippen molar-refractivity contribution in [1.29, 1.82) is 0 Å². The second kappa shape index (κ2) is 11.3. The first-order valence-corrected chi connectivity index (χ1v) is 7.83. The van der Waals surface area contributed by atoms with Crippen molar-refractivity contribution < 1.29 is 17.0 Å². The van der Waals surface area contributed by atoms with Crippen molar-refractivity contribution in [1.82, 2.24) is 4.57 Å². The molecule has 0 unspecified atom stereocenters. The molecule has 1 heterocycles. The van der Waals surface area contributed by atoms with Crippen molar-refractivity contribution in [2.24, 2.45) is 7.05 Å². The predicted octanol–water partition coefficient (Wildman–Crippen LogP) is 1.02. The van der Waals surface area contributed by atoms with Gasteiger partial charge >= 0.3 is 0 Å². The summed E-state index contributed by atoms with van der Waals surface area (Å²) in [6.07, 6.45) is 16.5. The van der Waals surface area contributed by atoms with E-state index in [0.29, 0.717) is 0 Å². The largest absolute Gasteiger partial charge is 1.00 e. The summed E-state index contributed by atoms with van der Waals surface area (Å²) in [5, 5.41) is 0. The van der Waals surface area contributed by atoms with Gasteiger partial charge in [-0.05, 0) is 19.3 Å². The summed E-state index contributed by atoms with van der Waals surface area (Å²) in [5.41, 5.74) is 0. The lowest BCUT2D eigenvalue weighted by molar-refractivity contribution is -0.678. The fourth-order valence-electron chi connectivity index (χ4n) is 2.50. The number of aryl methyl sites for hydroxylation is 2. The zero-order valence-electron chi connectivity index (χ0n) is 13.0. The van der Waals surface area contributed by atoms with Crippen molar-refractivity contribution in [2.45, 2.75) is 78.2 Å². The Labute approximate surface area is 125 Å². The summed E-state index contributed by atoms with van der Waals surface area (Å²) in [4.78, 5) is 0. The minimum absolute atomic E-state index is 0. The molecular formula is C16H31ClN2. The maximum absolute atomic E-state index is 2.46. The number of hydrogen-bond acceptors (Lipinski definition) is 0. The summed E-state index contributed by atoms with van der Waals surface area (Å²) < 4.78 is 4.76. The summed E-state index contributed by atoms with van der Waals surface area (Å²) in [6.45, 7) is 5.75. The van der Waals surface area contributed by atoms with Crippen LogP contribution in [0, 0.1) is 0 Å². The van der Waals surface area contributed by atoms with Crippen LogP contribution in [-0.4, -0.2) is 4.57 Å². The Bertz CT molecular complexity index is 321. The molecule has 3 heteroatoms. The Morgan fingerprint density at radius 3 is 2.21 bits per heavy atom. The zero-order chi connectivity index (χ0) is 13.2. The van der Waals surface area contributed by atoms with Gasteiger partial charge in [-0.2, -0.15) is 0 Å². The molecule has 0 radical (unpaired) electrons. The molecule has 0 saturated heterocycles. The molecule has 112 valence electrons. The first kappa shape index (κ1) is 18.5. The number of nitrogens with zero attached hydrogens (tertiary/aromatic N) is 2. The fraction of sp³-hybridized carbons (Fsp3) is 0.812. The van der Waals surface area contributed by atoms with Gasteiger partial charge < -0.3 is 12.4 Å². The molecule has 2 nitrogen and oxygen atoms in total. The Morgan fingerprint density at radius 1 is 0.947 bits per heavy atom. The van der Waals surface area contributed by atoms with E-state index in [-0.39, 0.29) is 12.4 Å². The number of aromatic nitrogens is 2. The van der Waals surface area contributed by atoms with Gasteiger partial charge in [0.15, 0.2) is 0 Å². The quantitative estimate of drug-likeness (QED) is 0.449. The van der Waals surface area contributed by atoms with E-state index in [0.717, 1.165) is 0 Å². The van der Waals surface area contributed by atoms with Crippen LogP contribution in [0.1, 0.15) is 71.0 Å². The Morgan fingerprint density at radius 2 is 1.58 bits per heavy atom. The van der Waals surface area contributed by atoms with Gasteiger partial charge in [0.25, 0.3) is 5.82 Å². The van der Waals surface area contributed by atoms with E-state index in [4.69, 9.17) is 0 Å². The molecule has 1 aromatic heterocycles. The third kappa shape index (κ3) is 7.00. The normalized spacial score (nSPS) is 10.5. The lowest BCUT2D eigenvalue weighted by Crippen LogP contribution is -3.00. The Kier molecular flexibility index (Phi) is 11.0. The molecule has 0 bridgehead atoms. The first-order valence-electron chi connectivity index (χ1n) is 7.83. The highest BCUT2D eigenvalue weighted by molar-refractivity contribution is 4.84. The lowest BCUT2D eigenvalue weighted by Gasteiger charge is -2.03. The number of halogens is 1. The van der Waals surface area contributed by atoms with Crippen LogP contribution in [0.3, 0.4) is 0 Å². The van der Waals surface area contributed by atoms with Gasteiger partial charge in [0.1, 0.15) is 12.4 Å². The second-order valence-electron chi connectivity index (χ2n) is 5.39. The summed E-state index contributed by atoms with van der Waals surface area (Å²) >= 11 is 0. The maximum Gasteiger partial charge on any atom is 0.256 e. The van der Waals surface area contributed by atoms with Crippen LogP contribution in [0.25, 0.3) is 0 Å². The van der Waals surface area contributed by atoms with E-state index >= 15 is 0 Å². The average molecular weight is 287 g/mol. The molecule has 0 amide bonds. The molecule has 1 aromatic rings. The number of hydrogen-bond donors (Lipinski definition) is 0. The van der Waals surface area contributed by atoms with Crippen molar-refractivity contribution in [3.8, 4) is 0 Å². The first-order chi connectivity index (χ1) is 8.79. The van der Waals surface area contributed by atoms with Crippen LogP contribution in [0.15, 0.2) is 12.4 Å². The zero-order valence-corrected chi connectivity index (χ0v) is 13.8. The topological polar surface area (TPSA) is 8.81 Å². The molecular weight excluding hydrogens is 256 g/mol. The van der Waals surface area contributed by atoms with Crippen LogP contribution in [-0.2, 0) is 20.0 Å². The SMILES string of the molecule is CCCCCCc1n(CCCCCC)cc[n+]1C.[Cl-]. The molecule has 0 fully saturated rings. The van der Waals surface area contributed by atoms with Crippen molar-refractivity contribution >= 4 is 0 Å². The molecule has 19 heavy (non-hydrogen) atoms. The lowest BCUT2D eigenvalue weighted by atomic mass is 10.1. The van der Waals surface area contributed by atoms with Crippen LogP contribution >= 0.6 is 0 Å². The van der Waals surface area contributed by atoms with Crippen molar-refractivity contribution in [3.05, 3.63) is 18.2 Å². The molecule has 0 saturated carbocycles. The third-order valence-corrected chi connectivity index (χ3v) is 3.72. The smallest absolute Gasteiger partial charge is 0.256 e. The molecule has 0 N–H and O–H groups in total. The van der Waals surface area contributed by atoms with Gasteiger partial charge in [0.05, 0.1) is 13.6 Å². The molecule has 0 aliphatic heterocycles. The van der Waals surface area contributed by atoms with Crippen LogP contribution in [0.4, 0.5) is 0 Å². The molecule has 0 aromatic carbocycles. The predicted molar refractivity (Wildman–Crippen MR) is 77.6 cm³/mol. The molecule has 1 rings (SSSR count). The standard InChI is InChI=1S/C16H31N2.ClH/c1-4-6-8-10-12-16-17(3)14-15-18(16)13-11-9-7-5-2;/h14-15H,4-13H2,1-3H3;1H/q+1;/p-1. The minimum atomic E-state index is 0. The van der Waals surface area contributed by atoms with E-state index in [1.165, 1.54) is 70.2 Å². The van der Waals surface area contributed by atoms with Gasteiger partial charge in [-0.25, -0.2) is 9.13 Å². The van der Waals surface area contributed by atoms with Crippen molar-refractivity contribution in [3.63, 3.8) is 0 Å². The van der Waals surface area contributed by atoms with Crippen LogP contribution < -0.4 is 17.0 Å². The molecule has 0 spiro atoms. The summed E-state index contributed by atoms with van der Waals surface area (Å²) in [6, 6.07) is 0. The second-order valence-corrected chi connectivity index (χ2v) is 5.39. The van der Waals surface area contributed by atoms with Gasteiger partial charge in [-0.15, -0.1) is 0 Å². The van der Waals surface area contributed by atoms with Gasteiger partial charge in [0.2, 0.25) is 0 Å². The monoisotopic (exact) mass is 286 g/mol. The van der Waals surface area contributed by atoms with E-state index in [9.17, 15) is 0 Å².